The van der Waals surface area contributed by atoms with Gasteiger partial charge in [-0.3, -0.25) is 4.79 Å². The van der Waals surface area contributed by atoms with Crippen molar-refractivity contribution in [3.63, 3.8) is 0 Å². The molecule has 0 aliphatic carbocycles. The quantitative estimate of drug-likeness (QED) is 0.855. The largest absolute Gasteiger partial charge is 0.459 e. The first-order valence-electron chi connectivity index (χ1n) is 7.98. The maximum Gasteiger partial charge on any atom is 0.290 e. The Morgan fingerprint density at radius 2 is 1.87 bits per heavy atom. The van der Waals surface area contributed by atoms with Crippen molar-refractivity contribution in [1.29, 1.82) is 0 Å². The van der Waals surface area contributed by atoms with Crippen molar-refractivity contribution in [2.45, 2.75) is 18.6 Å². The third-order valence-electron chi connectivity index (χ3n) is 4.46. The number of benzene rings is 1. The first-order valence-corrected chi connectivity index (χ1v) is 7.98. The van der Waals surface area contributed by atoms with Crippen molar-refractivity contribution in [2.24, 2.45) is 0 Å². The van der Waals surface area contributed by atoms with Crippen LogP contribution >= 0.6 is 0 Å². The summed E-state index contributed by atoms with van der Waals surface area (Å²) in [5, 5.41) is 0. The van der Waals surface area contributed by atoms with Gasteiger partial charge in [-0.05, 0) is 18.1 Å². The summed E-state index contributed by atoms with van der Waals surface area (Å²) in [6.07, 6.45) is 3.27. The Balaban J connectivity index is 1.59. The Morgan fingerprint density at radius 1 is 1.09 bits per heavy atom. The maximum atomic E-state index is 12.9. The Bertz CT molecular complexity index is 688. The number of furan rings is 1. The van der Waals surface area contributed by atoms with E-state index < -0.39 is 5.79 Å². The normalized spacial score (nSPS) is 20.1. The van der Waals surface area contributed by atoms with Gasteiger partial charge in [0.1, 0.15) is 0 Å². The Labute approximate surface area is 134 Å². The second kappa shape index (κ2) is 5.83. The van der Waals surface area contributed by atoms with Gasteiger partial charge in [-0.2, -0.15) is 0 Å². The molecule has 1 amide bonds. The summed E-state index contributed by atoms with van der Waals surface area (Å²) in [7, 11) is 0. The minimum Gasteiger partial charge on any atom is -0.459 e. The van der Waals surface area contributed by atoms with E-state index in [4.69, 9.17) is 13.9 Å². The van der Waals surface area contributed by atoms with Gasteiger partial charge in [-0.1, -0.05) is 30.3 Å². The minimum absolute atomic E-state index is 0.105. The molecule has 1 aromatic heterocycles. The topological polar surface area (TPSA) is 51.9 Å². The molecule has 4 rings (SSSR count). The molecule has 3 heterocycles. The van der Waals surface area contributed by atoms with E-state index in [-0.39, 0.29) is 5.91 Å². The van der Waals surface area contributed by atoms with Crippen molar-refractivity contribution < 1.29 is 18.7 Å². The van der Waals surface area contributed by atoms with E-state index >= 15 is 0 Å². The molecule has 1 spiro atoms. The van der Waals surface area contributed by atoms with Gasteiger partial charge in [-0.15, -0.1) is 0 Å². The molecule has 2 saturated heterocycles. The van der Waals surface area contributed by atoms with Gasteiger partial charge in [-0.25, -0.2) is 0 Å². The highest BCUT2D eigenvalue weighted by atomic mass is 16.7. The lowest BCUT2D eigenvalue weighted by Gasteiger charge is -2.38. The maximum absolute atomic E-state index is 12.9. The molecule has 0 radical (unpaired) electrons. The average Bonchev–Trinajstić information content (AvgIpc) is 3.25. The van der Waals surface area contributed by atoms with Gasteiger partial charge in [0.25, 0.3) is 5.91 Å². The van der Waals surface area contributed by atoms with Crippen LogP contribution in [0.4, 0.5) is 0 Å². The number of ether oxygens (including phenoxy) is 2. The fourth-order valence-corrected chi connectivity index (χ4v) is 3.36. The summed E-state index contributed by atoms with van der Waals surface area (Å²) in [4.78, 5) is 14.7. The number of carbonyl (C=O) groups excluding carboxylic acids is 1. The van der Waals surface area contributed by atoms with Crippen molar-refractivity contribution >= 4 is 5.91 Å². The molecule has 23 heavy (non-hydrogen) atoms. The van der Waals surface area contributed by atoms with Crippen molar-refractivity contribution in [2.75, 3.05) is 26.3 Å². The van der Waals surface area contributed by atoms with Gasteiger partial charge in [0.05, 0.1) is 26.0 Å². The molecular formula is C18H19NO4. The van der Waals surface area contributed by atoms with Crippen LogP contribution in [0.5, 0.6) is 0 Å². The van der Waals surface area contributed by atoms with Gasteiger partial charge >= 0.3 is 0 Å². The predicted octanol–water partition coefficient (Wildman–Crippen LogP) is 2.93. The molecule has 2 aromatic rings. The van der Waals surface area contributed by atoms with Crippen LogP contribution in [0.3, 0.4) is 0 Å². The van der Waals surface area contributed by atoms with Crippen molar-refractivity contribution in [3.8, 4) is 11.1 Å². The van der Waals surface area contributed by atoms with E-state index in [0.29, 0.717) is 32.1 Å². The van der Waals surface area contributed by atoms with Gasteiger partial charge in [0.15, 0.2) is 11.5 Å². The summed E-state index contributed by atoms with van der Waals surface area (Å²) < 4.78 is 17.0. The summed E-state index contributed by atoms with van der Waals surface area (Å²) in [5.74, 6) is -0.341. The number of rotatable bonds is 2. The summed E-state index contributed by atoms with van der Waals surface area (Å²) in [6.45, 7) is 2.35. The molecule has 2 aliphatic rings. The molecule has 2 fully saturated rings. The van der Waals surface area contributed by atoms with Crippen molar-refractivity contribution in [1.82, 2.24) is 4.90 Å². The number of hydrogen-bond acceptors (Lipinski definition) is 4. The summed E-state index contributed by atoms with van der Waals surface area (Å²) in [5.41, 5.74) is 1.80. The predicted molar refractivity (Wildman–Crippen MR) is 83.9 cm³/mol. The Morgan fingerprint density at radius 3 is 2.65 bits per heavy atom. The van der Waals surface area contributed by atoms with Crippen LogP contribution in [0.1, 0.15) is 23.4 Å². The molecule has 5 heteroatoms. The van der Waals surface area contributed by atoms with Gasteiger partial charge < -0.3 is 18.8 Å². The van der Waals surface area contributed by atoms with E-state index in [1.165, 1.54) is 0 Å². The zero-order valence-corrected chi connectivity index (χ0v) is 12.9. The Hall–Kier alpha value is -2.11. The molecule has 2 aliphatic heterocycles. The number of amides is 1. The molecule has 0 N–H and O–H groups in total. The second-order valence-corrected chi connectivity index (χ2v) is 5.97. The third kappa shape index (κ3) is 2.66. The summed E-state index contributed by atoms with van der Waals surface area (Å²) in [6, 6.07) is 11.6. The van der Waals surface area contributed by atoms with Crippen LogP contribution < -0.4 is 0 Å². The average molecular weight is 313 g/mol. The van der Waals surface area contributed by atoms with E-state index in [9.17, 15) is 4.79 Å². The molecule has 5 nitrogen and oxygen atoms in total. The lowest BCUT2D eigenvalue weighted by Crippen LogP contribution is -2.51. The highest BCUT2D eigenvalue weighted by Crippen LogP contribution is 2.32. The zero-order chi connectivity index (χ0) is 15.7. The highest BCUT2D eigenvalue weighted by Gasteiger charge is 2.42. The van der Waals surface area contributed by atoms with E-state index in [0.717, 1.165) is 24.0 Å². The van der Waals surface area contributed by atoms with E-state index in [1.807, 2.05) is 36.4 Å². The smallest absolute Gasteiger partial charge is 0.290 e. The molecule has 0 saturated carbocycles. The van der Waals surface area contributed by atoms with E-state index in [2.05, 4.69) is 0 Å². The minimum atomic E-state index is -0.618. The molecule has 0 atom stereocenters. The van der Waals surface area contributed by atoms with Gasteiger partial charge in [0, 0.05) is 18.5 Å². The molecule has 1 aromatic carbocycles. The van der Waals surface area contributed by atoms with Gasteiger partial charge in [0.2, 0.25) is 0 Å². The summed E-state index contributed by atoms with van der Waals surface area (Å²) >= 11 is 0. The number of carbonyl (C=O) groups is 1. The standard InChI is InChI=1S/C18H19NO4/c20-17(19-9-4-8-18(13-19)22-11-12-23-18)16-15(7-10-21-16)14-5-2-1-3-6-14/h1-3,5-7,10H,4,8-9,11-13H2. The first kappa shape index (κ1) is 14.5. The van der Waals surface area contributed by atoms with Crippen LogP contribution in [0.2, 0.25) is 0 Å². The molecular weight excluding hydrogens is 294 g/mol. The fraction of sp³-hybridized carbons (Fsp3) is 0.389. The fourth-order valence-electron chi connectivity index (χ4n) is 3.36. The second-order valence-electron chi connectivity index (χ2n) is 5.97. The zero-order valence-electron chi connectivity index (χ0n) is 12.9. The molecule has 120 valence electrons. The number of piperidine rings is 1. The van der Waals surface area contributed by atoms with Crippen LogP contribution in [-0.4, -0.2) is 42.9 Å². The highest BCUT2D eigenvalue weighted by molar-refractivity contribution is 5.98. The molecule has 0 bridgehead atoms. The third-order valence-corrected chi connectivity index (χ3v) is 4.46. The van der Waals surface area contributed by atoms with Crippen LogP contribution in [-0.2, 0) is 9.47 Å². The van der Waals surface area contributed by atoms with Crippen molar-refractivity contribution in [3.05, 3.63) is 48.4 Å². The first-order chi connectivity index (χ1) is 11.3. The van der Waals surface area contributed by atoms with Crippen LogP contribution in [0.15, 0.2) is 47.1 Å². The van der Waals surface area contributed by atoms with Crippen LogP contribution in [0, 0.1) is 0 Å². The lowest BCUT2D eigenvalue weighted by molar-refractivity contribution is -0.183. The lowest BCUT2D eigenvalue weighted by atomic mass is 10.0. The monoisotopic (exact) mass is 313 g/mol. The molecule has 0 unspecified atom stereocenters. The number of nitrogens with zero attached hydrogens (tertiary/aromatic N) is 1. The number of hydrogen-bond donors (Lipinski definition) is 0. The SMILES string of the molecule is O=C(c1occc1-c1ccccc1)N1CCCC2(C1)OCCO2. The Kier molecular flexibility index (Phi) is 3.67. The van der Waals surface area contributed by atoms with E-state index in [1.54, 1.807) is 11.2 Å². The number of likely N-dealkylation sites (tertiary alicyclic amines) is 1. The van der Waals surface area contributed by atoms with Crippen LogP contribution in [0.25, 0.3) is 11.1 Å².